The lowest BCUT2D eigenvalue weighted by atomic mass is 10.1. The van der Waals surface area contributed by atoms with E-state index in [1.165, 1.54) is 0 Å². The van der Waals surface area contributed by atoms with Gasteiger partial charge in [-0.05, 0) is 60.0 Å². The third kappa shape index (κ3) is 4.94. The second kappa shape index (κ2) is 8.81. The fourth-order valence-corrected chi connectivity index (χ4v) is 3.21. The van der Waals surface area contributed by atoms with Crippen LogP contribution in [0, 0.1) is 6.92 Å². The molecule has 1 N–H and O–H groups in total. The molecule has 0 aromatic heterocycles. The van der Waals surface area contributed by atoms with Crippen LogP contribution in [0.5, 0.6) is 5.75 Å². The average molecular weight is 451 g/mol. The zero-order chi connectivity index (χ0) is 18.5. The summed E-state index contributed by atoms with van der Waals surface area (Å²) in [6.45, 7) is 3.14. The second-order valence-corrected chi connectivity index (χ2v) is 7.68. The van der Waals surface area contributed by atoms with E-state index in [-0.39, 0.29) is 0 Å². The first-order valence-corrected chi connectivity index (χ1v) is 9.72. The molecule has 0 saturated carbocycles. The minimum atomic E-state index is 0.478. The molecular formula is C21H18BrCl2NO. The van der Waals surface area contributed by atoms with Crippen LogP contribution < -0.4 is 10.1 Å². The molecule has 0 unspecified atom stereocenters. The lowest BCUT2D eigenvalue weighted by Gasteiger charge is -2.13. The fraction of sp³-hybridized carbons (Fsp3) is 0.143. The Kier molecular flexibility index (Phi) is 6.47. The van der Waals surface area contributed by atoms with Crippen molar-refractivity contribution >= 4 is 44.8 Å². The Morgan fingerprint density at radius 2 is 1.65 bits per heavy atom. The first-order chi connectivity index (χ1) is 12.5. The molecule has 3 rings (SSSR count). The van der Waals surface area contributed by atoms with Gasteiger partial charge in [0.25, 0.3) is 0 Å². The summed E-state index contributed by atoms with van der Waals surface area (Å²) in [6.07, 6.45) is 0. The maximum Gasteiger partial charge on any atom is 0.138 e. The molecule has 26 heavy (non-hydrogen) atoms. The van der Waals surface area contributed by atoms with Gasteiger partial charge in [-0.15, -0.1) is 0 Å². The molecule has 3 aromatic rings. The molecule has 3 aromatic carbocycles. The summed E-state index contributed by atoms with van der Waals surface area (Å²) in [5.41, 5.74) is 4.22. The zero-order valence-electron chi connectivity index (χ0n) is 14.2. The summed E-state index contributed by atoms with van der Waals surface area (Å²) in [5, 5.41) is 4.75. The van der Waals surface area contributed by atoms with Crippen LogP contribution >= 0.6 is 39.1 Å². The minimum Gasteiger partial charge on any atom is -0.487 e. The van der Waals surface area contributed by atoms with Gasteiger partial charge in [-0.3, -0.25) is 0 Å². The summed E-state index contributed by atoms with van der Waals surface area (Å²) < 4.78 is 6.88. The maximum absolute atomic E-state index is 6.38. The summed E-state index contributed by atoms with van der Waals surface area (Å²) in [7, 11) is 0. The lowest BCUT2D eigenvalue weighted by Crippen LogP contribution is -2.02. The number of benzene rings is 3. The van der Waals surface area contributed by atoms with Gasteiger partial charge in [0, 0.05) is 21.7 Å². The fourth-order valence-electron chi connectivity index (χ4n) is 2.51. The predicted octanol–water partition coefficient (Wildman–Crippen LogP) is 7.26. The van der Waals surface area contributed by atoms with Crippen molar-refractivity contribution in [3.8, 4) is 5.75 Å². The van der Waals surface area contributed by atoms with Crippen molar-refractivity contribution in [3.63, 3.8) is 0 Å². The Morgan fingerprint density at radius 3 is 2.38 bits per heavy atom. The van der Waals surface area contributed by atoms with Crippen LogP contribution in [0.25, 0.3) is 0 Å². The van der Waals surface area contributed by atoms with Crippen LogP contribution in [0.1, 0.15) is 16.7 Å². The molecule has 0 atom stereocenters. The van der Waals surface area contributed by atoms with Crippen LogP contribution in [0.15, 0.2) is 65.1 Å². The van der Waals surface area contributed by atoms with Crippen LogP contribution in [0.4, 0.5) is 5.69 Å². The standard InChI is InChI=1S/C21H18BrCl2NO/c1-14-18(23)3-2-4-20(14)25-12-16-7-10-21(19(24)11-16)26-13-15-5-8-17(22)9-6-15/h2-11,25H,12-13H2,1H3. The average Bonchev–Trinajstić information content (AvgIpc) is 2.63. The molecule has 0 aliphatic rings. The maximum atomic E-state index is 6.38. The Balaban J connectivity index is 1.61. The topological polar surface area (TPSA) is 21.3 Å². The number of ether oxygens (including phenoxy) is 1. The molecule has 2 nitrogen and oxygen atoms in total. The van der Waals surface area contributed by atoms with Crippen LogP contribution in [-0.4, -0.2) is 0 Å². The molecule has 0 radical (unpaired) electrons. The predicted molar refractivity (Wildman–Crippen MR) is 113 cm³/mol. The molecule has 0 fully saturated rings. The van der Waals surface area contributed by atoms with Crippen molar-refractivity contribution in [1.82, 2.24) is 0 Å². The number of rotatable bonds is 6. The molecular weight excluding hydrogens is 433 g/mol. The molecule has 0 spiro atoms. The molecule has 0 heterocycles. The molecule has 0 bridgehead atoms. The Labute approximate surface area is 172 Å². The van der Waals surface area contributed by atoms with Crippen LogP contribution in [0.2, 0.25) is 10.0 Å². The summed E-state index contributed by atoms with van der Waals surface area (Å²) in [4.78, 5) is 0. The van der Waals surface area contributed by atoms with Crippen molar-refractivity contribution < 1.29 is 4.74 Å². The quantitative estimate of drug-likeness (QED) is 0.426. The first-order valence-electron chi connectivity index (χ1n) is 8.17. The van der Waals surface area contributed by atoms with Crippen LogP contribution in [0.3, 0.4) is 0 Å². The van der Waals surface area contributed by atoms with E-state index in [0.29, 0.717) is 23.9 Å². The number of hydrogen-bond donors (Lipinski definition) is 1. The van der Waals surface area contributed by atoms with Gasteiger partial charge in [0.05, 0.1) is 5.02 Å². The lowest BCUT2D eigenvalue weighted by molar-refractivity contribution is 0.306. The van der Waals surface area contributed by atoms with E-state index < -0.39 is 0 Å². The van der Waals surface area contributed by atoms with Gasteiger partial charge < -0.3 is 10.1 Å². The van der Waals surface area contributed by atoms with Gasteiger partial charge in [0.15, 0.2) is 0 Å². The molecule has 0 amide bonds. The van der Waals surface area contributed by atoms with Crippen molar-refractivity contribution in [2.45, 2.75) is 20.1 Å². The van der Waals surface area contributed by atoms with E-state index in [1.54, 1.807) is 0 Å². The van der Waals surface area contributed by atoms with Crippen molar-refractivity contribution in [3.05, 3.63) is 91.9 Å². The number of halogens is 3. The highest BCUT2D eigenvalue weighted by molar-refractivity contribution is 9.10. The highest BCUT2D eigenvalue weighted by Crippen LogP contribution is 2.28. The largest absolute Gasteiger partial charge is 0.487 e. The van der Waals surface area contributed by atoms with E-state index in [0.717, 1.165) is 31.9 Å². The molecule has 134 valence electrons. The highest BCUT2D eigenvalue weighted by Gasteiger charge is 2.06. The van der Waals surface area contributed by atoms with Gasteiger partial charge in [-0.1, -0.05) is 63.4 Å². The summed E-state index contributed by atoms with van der Waals surface area (Å²) >= 11 is 16.0. The van der Waals surface area contributed by atoms with E-state index in [1.807, 2.05) is 67.6 Å². The summed E-state index contributed by atoms with van der Waals surface area (Å²) in [5.74, 6) is 0.678. The van der Waals surface area contributed by atoms with Crippen molar-refractivity contribution in [2.75, 3.05) is 5.32 Å². The third-order valence-corrected chi connectivity index (χ3v) is 5.29. The van der Waals surface area contributed by atoms with Crippen molar-refractivity contribution in [2.24, 2.45) is 0 Å². The van der Waals surface area contributed by atoms with Gasteiger partial charge in [-0.25, -0.2) is 0 Å². The smallest absolute Gasteiger partial charge is 0.138 e. The van der Waals surface area contributed by atoms with E-state index >= 15 is 0 Å². The Morgan fingerprint density at radius 1 is 0.923 bits per heavy atom. The zero-order valence-corrected chi connectivity index (χ0v) is 17.3. The second-order valence-electron chi connectivity index (χ2n) is 5.95. The van der Waals surface area contributed by atoms with Gasteiger partial charge in [-0.2, -0.15) is 0 Å². The third-order valence-electron chi connectivity index (χ3n) is 4.05. The number of hydrogen-bond acceptors (Lipinski definition) is 2. The number of nitrogens with one attached hydrogen (secondary N) is 1. The monoisotopic (exact) mass is 449 g/mol. The van der Waals surface area contributed by atoms with E-state index in [9.17, 15) is 0 Å². The van der Waals surface area contributed by atoms with E-state index in [4.69, 9.17) is 27.9 Å². The number of anilines is 1. The highest BCUT2D eigenvalue weighted by atomic mass is 79.9. The van der Waals surface area contributed by atoms with Gasteiger partial charge >= 0.3 is 0 Å². The molecule has 0 aliphatic heterocycles. The normalized spacial score (nSPS) is 10.6. The minimum absolute atomic E-state index is 0.478. The first kappa shape index (κ1) is 19.1. The Hall–Kier alpha value is -1.68. The Bertz CT molecular complexity index is 897. The summed E-state index contributed by atoms with van der Waals surface area (Å²) in [6, 6.07) is 19.7. The molecule has 5 heteroatoms. The van der Waals surface area contributed by atoms with Gasteiger partial charge in [0.2, 0.25) is 0 Å². The SMILES string of the molecule is Cc1c(Cl)cccc1NCc1ccc(OCc2ccc(Br)cc2)c(Cl)c1. The van der Waals surface area contributed by atoms with E-state index in [2.05, 4.69) is 21.2 Å². The van der Waals surface area contributed by atoms with Crippen molar-refractivity contribution in [1.29, 1.82) is 0 Å². The van der Waals surface area contributed by atoms with Crippen LogP contribution in [-0.2, 0) is 13.2 Å². The molecule has 0 saturated heterocycles. The van der Waals surface area contributed by atoms with Gasteiger partial charge in [0.1, 0.15) is 12.4 Å². The molecule has 0 aliphatic carbocycles.